The maximum absolute atomic E-state index is 13.7. The molecule has 1 rings (SSSR count). The number of rotatable bonds is 25. The number of aliphatic imine (C=N–C) groups is 1. The second-order valence-electron chi connectivity index (χ2n) is 13.8. The fourth-order valence-corrected chi connectivity index (χ4v) is 5.09. The molecule has 0 saturated heterocycles. The minimum absolute atomic E-state index is 0.00571. The van der Waals surface area contributed by atoms with Gasteiger partial charge in [0, 0.05) is 24.9 Å². The van der Waals surface area contributed by atoms with E-state index in [1.807, 2.05) is 0 Å². The Morgan fingerprint density at radius 1 is 0.719 bits per heavy atom. The van der Waals surface area contributed by atoms with Crippen LogP contribution in [0.4, 0.5) is 0 Å². The van der Waals surface area contributed by atoms with Crippen LogP contribution in [0.1, 0.15) is 59.6 Å². The van der Waals surface area contributed by atoms with Gasteiger partial charge in [-0.15, -0.1) is 0 Å². The van der Waals surface area contributed by atoms with Crippen LogP contribution in [-0.2, 0) is 40.0 Å². The highest BCUT2D eigenvalue weighted by Gasteiger charge is 2.36. The Morgan fingerprint density at radius 2 is 1.23 bits per heavy atom. The van der Waals surface area contributed by atoms with Gasteiger partial charge in [0.05, 0.1) is 31.2 Å². The number of aromatic amines is 1. The Labute approximate surface area is 328 Å². The van der Waals surface area contributed by atoms with Crippen LogP contribution in [0.2, 0.25) is 0 Å². The number of aliphatic hydroxyl groups excluding tert-OH is 4. The van der Waals surface area contributed by atoms with Gasteiger partial charge in [0.1, 0.15) is 36.3 Å². The Hall–Kier alpha value is -5.43. The maximum Gasteiger partial charge on any atom is 0.328 e. The van der Waals surface area contributed by atoms with Gasteiger partial charge < -0.3 is 79.6 Å². The zero-order valence-corrected chi connectivity index (χ0v) is 32.5. The van der Waals surface area contributed by atoms with E-state index in [0.29, 0.717) is 5.69 Å². The molecular formula is C33H58N12O12. The second kappa shape index (κ2) is 24.3. The van der Waals surface area contributed by atoms with Crippen molar-refractivity contribution in [1.82, 2.24) is 41.9 Å². The van der Waals surface area contributed by atoms with Crippen LogP contribution in [-0.4, -0.2) is 157 Å². The molecule has 0 aromatic carbocycles. The molecule has 0 aliphatic heterocycles. The third-order valence-electron chi connectivity index (χ3n) is 8.28. The smallest absolute Gasteiger partial charge is 0.328 e. The van der Waals surface area contributed by atoms with Crippen LogP contribution in [0.15, 0.2) is 17.5 Å². The van der Waals surface area contributed by atoms with Crippen LogP contribution in [0.3, 0.4) is 0 Å². The molecule has 0 saturated carbocycles. The van der Waals surface area contributed by atoms with E-state index in [2.05, 4.69) is 46.9 Å². The van der Waals surface area contributed by atoms with E-state index < -0.39 is 109 Å². The van der Waals surface area contributed by atoms with E-state index in [0.717, 1.165) is 13.8 Å². The van der Waals surface area contributed by atoms with Crippen molar-refractivity contribution >= 4 is 47.4 Å². The first kappa shape index (κ1) is 49.6. The SMILES string of the molecule is CC(C)C[C@H](NC(=O)[C@@H](N)[C@@H](C)O)C(=O)N[C@@H](CO)C(=O)N[C@@H](Cc1cnc[nH]1)C(=O)N[C@H](C(=O)N[C@@H](CCCN=C(N)N)C(=O)N[C@H](C(=O)O)[C@@H](C)O)[C@@H](C)O. The Morgan fingerprint density at radius 3 is 1.72 bits per heavy atom. The molecule has 0 aliphatic rings. The molecule has 0 unspecified atom stereocenters. The number of carbonyl (C=O) groups is 7. The first-order chi connectivity index (χ1) is 26.6. The molecule has 57 heavy (non-hydrogen) atoms. The van der Waals surface area contributed by atoms with Crippen molar-refractivity contribution in [2.24, 2.45) is 28.1 Å². The molecule has 6 amide bonds. The number of aromatic nitrogens is 2. The summed E-state index contributed by atoms with van der Waals surface area (Å²) in [5, 5.41) is 63.5. The zero-order valence-electron chi connectivity index (χ0n) is 32.5. The molecule has 0 aliphatic carbocycles. The minimum atomic E-state index is -1.78. The van der Waals surface area contributed by atoms with Gasteiger partial charge in [0.15, 0.2) is 12.0 Å². The van der Waals surface area contributed by atoms with Crippen molar-refractivity contribution in [3.63, 3.8) is 0 Å². The van der Waals surface area contributed by atoms with Gasteiger partial charge in [-0.05, 0) is 46.0 Å². The summed E-state index contributed by atoms with van der Waals surface area (Å²) in [7, 11) is 0. The Kier molecular flexibility index (Phi) is 21.1. The van der Waals surface area contributed by atoms with Crippen LogP contribution in [0.5, 0.6) is 0 Å². The first-order valence-electron chi connectivity index (χ1n) is 18.1. The number of amides is 6. The van der Waals surface area contributed by atoms with Gasteiger partial charge in [-0.2, -0.15) is 0 Å². The number of hydrogen-bond donors (Lipinski definition) is 15. The van der Waals surface area contributed by atoms with Crippen molar-refractivity contribution in [3.8, 4) is 0 Å². The molecule has 10 atom stereocenters. The van der Waals surface area contributed by atoms with E-state index in [9.17, 15) is 59.1 Å². The lowest BCUT2D eigenvalue weighted by Gasteiger charge is -2.28. The molecule has 1 heterocycles. The molecule has 1 aromatic heterocycles. The minimum Gasteiger partial charge on any atom is -0.480 e. The van der Waals surface area contributed by atoms with Crippen molar-refractivity contribution in [2.75, 3.05) is 13.2 Å². The van der Waals surface area contributed by atoms with E-state index >= 15 is 0 Å². The number of guanidine groups is 1. The quantitative estimate of drug-likeness (QED) is 0.0248. The number of nitrogens with one attached hydrogen (secondary N) is 7. The van der Waals surface area contributed by atoms with E-state index in [1.54, 1.807) is 13.8 Å². The summed E-state index contributed by atoms with van der Waals surface area (Å²) in [5.41, 5.74) is 16.7. The molecule has 1 aromatic rings. The van der Waals surface area contributed by atoms with Crippen LogP contribution in [0, 0.1) is 5.92 Å². The fourth-order valence-electron chi connectivity index (χ4n) is 5.09. The number of nitrogens with two attached hydrogens (primary N) is 3. The Bertz CT molecular complexity index is 1520. The van der Waals surface area contributed by atoms with E-state index in [-0.39, 0.29) is 44.1 Å². The Balaban J connectivity index is 3.31. The summed E-state index contributed by atoms with van der Waals surface area (Å²) >= 11 is 0. The second-order valence-corrected chi connectivity index (χ2v) is 13.8. The lowest BCUT2D eigenvalue weighted by molar-refractivity contribution is -0.145. The number of aliphatic carboxylic acids is 1. The molecule has 24 heteroatoms. The van der Waals surface area contributed by atoms with Crippen LogP contribution >= 0.6 is 0 Å². The number of carboxylic acids is 1. The number of nitrogens with zero attached hydrogens (tertiary/aromatic N) is 2. The molecule has 0 bridgehead atoms. The molecule has 24 nitrogen and oxygen atoms in total. The largest absolute Gasteiger partial charge is 0.480 e. The summed E-state index contributed by atoms with van der Waals surface area (Å²) in [6.07, 6.45) is -2.05. The zero-order chi connectivity index (χ0) is 43.6. The van der Waals surface area contributed by atoms with Gasteiger partial charge in [-0.25, -0.2) is 9.78 Å². The van der Waals surface area contributed by atoms with Gasteiger partial charge >= 0.3 is 5.97 Å². The van der Waals surface area contributed by atoms with Crippen LogP contribution in [0.25, 0.3) is 0 Å². The summed E-state index contributed by atoms with van der Waals surface area (Å²) in [6, 6.07) is -10.8. The normalized spacial score (nSPS) is 16.5. The van der Waals surface area contributed by atoms with Gasteiger partial charge in [-0.3, -0.25) is 33.8 Å². The van der Waals surface area contributed by atoms with E-state index in [4.69, 9.17) is 17.2 Å². The van der Waals surface area contributed by atoms with Crippen molar-refractivity contribution in [1.29, 1.82) is 0 Å². The van der Waals surface area contributed by atoms with Crippen molar-refractivity contribution < 1.29 is 59.1 Å². The van der Waals surface area contributed by atoms with Gasteiger partial charge in [-0.1, -0.05) is 13.8 Å². The molecular weight excluding hydrogens is 756 g/mol. The monoisotopic (exact) mass is 814 g/mol. The van der Waals surface area contributed by atoms with E-state index in [1.165, 1.54) is 19.4 Å². The summed E-state index contributed by atoms with van der Waals surface area (Å²) < 4.78 is 0. The lowest BCUT2D eigenvalue weighted by Crippen LogP contribution is -2.62. The highest BCUT2D eigenvalue weighted by molar-refractivity contribution is 5.97. The molecule has 322 valence electrons. The predicted octanol–water partition coefficient (Wildman–Crippen LogP) is -6.49. The average Bonchev–Trinajstić information content (AvgIpc) is 3.63. The molecule has 0 radical (unpaired) electrons. The van der Waals surface area contributed by atoms with Crippen molar-refractivity contribution in [3.05, 3.63) is 18.2 Å². The summed E-state index contributed by atoms with van der Waals surface area (Å²) in [5.74, 6) is -7.94. The summed E-state index contributed by atoms with van der Waals surface area (Å²) in [4.78, 5) is 102. The number of carboxylic acid groups (broad SMARTS) is 1. The third-order valence-corrected chi connectivity index (χ3v) is 8.28. The average molecular weight is 815 g/mol. The number of carbonyl (C=O) groups excluding carboxylic acids is 6. The number of imidazole rings is 1. The number of aliphatic hydroxyl groups is 4. The third kappa shape index (κ3) is 17.5. The van der Waals surface area contributed by atoms with Crippen molar-refractivity contribution in [2.45, 2.75) is 121 Å². The summed E-state index contributed by atoms with van der Waals surface area (Å²) in [6.45, 7) is 6.11. The van der Waals surface area contributed by atoms with Gasteiger partial charge in [0.2, 0.25) is 35.4 Å². The number of H-pyrrole nitrogens is 1. The van der Waals surface area contributed by atoms with Gasteiger partial charge in [0.25, 0.3) is 0 Å². The number of hydrogen-bond acceptors (Lipinski definition) is 14. The maximum atomic E-state index is 13.7. The fraction of sp³-hybridized carbons (Fsp3) is 0.667. The predicted molar refractivity (Wildman–Crippen MR) is 201 cm³/mol. The lowest BCUT2D eigenvalue weighted by atomic mass is 10.0. The molecule has 0 fully saturated rings. The first-order valence-corrected chi connectivity index (χ1v) is 18.1. The van der Waals surface area contributed by atoms with Crippen LogP contribution < -0.4 is 49.1 Å². The standard InChI is InChI=1S/C33H58N12O12/c1-14(2)9-20(42-30(54)23(34)15(3)47)27(51)43-22(12-46)29(53)41-21(10-18-11-37-13-39-18)28(52)44-24(16(4)48)31(55)40-19(7-6-8-38-33(35)36)26(50)45-25(17(5)49)32(56)57/h11,13-17,19-25,46-49H,6-10,12,34H2,1-5H3,(H,37,39)(H,40,55)(H,41,53)(H,42,54)(H,43,51)(H,44,52)(H,45,50)(H,56,57)(H4,35,36,38)/t15-,16-,17-,19+,20+,21+,22+,23+,24+,25+/m1/s1. The highest BCUT2D eigenvalue weighted by Crippen LogP contribution is 2.08. The topological polar surface area (TPSA) is 412 Å². The molecule has 18 N–H and O–H groups in total. The highest BCUT2D eigenvalue weighted by atomic mass is 16.4. The molecule has 0 spiro atoms.